The van der Waals surface area contributed by atoms with Gasteiger partial charge in [0.05, 0.1) is 6.54 Å². The van der Waals surface area contributed by atoms with Crippen LogP contribution >= 0.6 is 12.4 Å². The molecule has 1 aromatic carbocycles. The van der Waals surface area contributed by atoms with Crippen LogP contribution in [-0.4, -0.2) is 40.7 Å². The van der Waals surface area contributed by atoms with Crippen LogP contribution in [-0.2, 0) is 6.54 Å². The summed E-state index contributed by atoms with van der Waals surface area (Å²) in [5.41, 5.74) is 2.33. The fourth-order valence-electron chi connectivity index (χ4n) is 2.75. The summed E-state index contributed by atoms with van der Waals surface area (Å²) < 4.78 is 5.42. The van der Waals surface area contributed by atoms with Crippen molar-refractivity contribution < 1.29 is 4.52 Å². The van der Waals surface area contributed by atoms with Gasteiger partial charge in [0.2, 0.25) is 11.7 Å². The van der Waals surface area contributed by atoms with Crippen molar-refractivity contribution in [2.75, 3.05) is 19.6 Å². The second kappa shape index (κ2) is 7.90. The molecule has 5 nitrogen and oxygen atoms in total. The number of halogens is 1. The van der Waals surface area contributed by atoms with Crippen molar-refractivity contribution in [1.82, 2.24) is 20.4 Å². The Morgan fingerprint density at radius 2 is 2.04 bits per heavy atom. The van der Waals surface area contributed by atoms with Crippen molar-refractivity contribution in [2.45, 2.75) is 39.3 Å². The molecule has 0 unspecified atom stereocenters. The number of piperazine rings is 1. The molecule has 0 radical (unpaired) electrons. The van der Waals surface area contributed by atoms with Crippen LogP contribution in [0.15, 0.2) is 28.8 Å². The van der Waals surface area contributed by atoms with Gasteiger partial charge in [0.1, 0.15) is 0 Å². The average Bonchev–Trinajstić information content (AvgIpc) is 2.98. The van der Waals surface area contributed by atoms with E-state index in [1.807, 2.05) is 0 Å². The van der Waals surface area contributed by atoms with Gasteiger partial charge >= 0.3 is 0 Å². The zero-order valence-electron chi connectivity index (χ0n) is 14.0. The van der Waals surface area contributed by atoms with Crippen LogP contribution < -0.4 is 5.32 Å². The lowest BCUT2D eigenvalue weighted by Crippen LogP contribution is -2.49. The molecular formula is C17H25ClN4O. The van der Waals surface area contributed by atoms with Gasteiger partial charge in [0.25, 0.3) is 0 Å². The first-order valence-corrected chi connectivity index (χ1v) is 8.01. The van der Waals surface area contributed by atoms with E-state index >= 15 is 0 Å². The third kappa shape index (κ3) is 4.31. The van der Waals surface area contributed by atoms with E-state index in [-0.39, 0.29) is 12.4 Å². The largest absolute Gasteiger partial charge is 0.338 e. The summed E-state index contributed by atoms with van der Waals surface area (Å²) in [6.45, 7) is 10.4. The zero-order chi connectivity index (χ0) is 15.5. The summed E-state index contributed by atoms with van der Waals surface area (Å²) in [5, 5.41) is 7.51. The topological polar surface area (TPSA) is 54.2 Å². The Morgan fingerprint density at radius 3 is 2.70 bits per heavy atom. The van der Waals surface area contributed by atoms with Gasteiger partial charge in [0, 0.05) is 31.2 Å². The molecule has 0 aliphatic carbocycles. The quantitative estimate of drug-likeness (QED) is 0.929. The Balaban J connectivity index is 0.00000192. The zero-order valence-corrected chi connectivity index (χ0v) is 14.8. The molecule has 2 heterocycles. The second-order valence-electron chi connectivity index (χ2n) is 6.31. The third-order valence-corrected chi connectivity index (χ3v) is 4.28. The van der Waals surface area contributed by atoms with Crippen LogP contribution in [0.3, 0.4) is 0 Å². The van der Waals surface area contributed by atoms with Crippen LogP contribution in [0.2, 0.25) is 0 Å². The van der Waals surface area contributed by atoms with Gasteiger partial charge in [-0.15, -0.1) is 12.4 Å². The molecule has 126 valence electrons. The van der Waals surface area contributed by atoms with Crippen LogP contribution in [0.4, 0.5) is 0 Å². The molecule has 6 heteroatoms. The van der Waals surface area contributed by atoms with Gasteiger partial charge in [-0.05, 0) is 18.4 Å². The lowest BCUT2D eigenvalue weighted by molar-refractivity contribution is 0.146. The SMILES string of the molecule is CC(C)c1ccc(-c2noc(CN3CCNC[C@H]3C)n2)cc1.Cl. The van der Waals surface area contributed by atoms with Gasteiger partial charge in [-0.2, -0.15) is 4.98 Å². The highest BCUT2D eigenvalue weighted by atomic mass is 35.5. The monoisotopic (exact) mass is 336 g/mol. The van der Waals surface area contributed by atoms with Crippen molar-refractivity contribution in [2.24, 2.45) is 0 Å². The van der Waals surface area contributed by atoms with Gasteiger partial charge in [0.15, 0.2) is 0 Å². The number of nitrogens with zero attached hydrogens (tertiary/aromatic N) is 3. The lowest BCUT2D eigenvalue weighted by atomic mass is 10.0. The minimum atomic E-state index is 0. The fourth-order valence-corrected chi connectivity index (χ4v) is 2.75. The Labute approximate surface area is 143 Å². The lowest BCUT2D eigenvalue weighted by Gasteiger charge is -2.32. The van der Waals surface area contributed by atoms with Crippen molar-refractivity contribution in [1.29, 1.82) is 0 Å². The number of aromatic nitrogens is 2. The first-order chi connectivity index (χ1) is 10.6. The van der Waals surface area contributed by atoms with E-state index in [2.05, 4.69) is 65.4 Å². The number of hydrogen-bond acceptors (Lipinski definition) is 5. The maximum atomic E-state index is 5.42. The normalized spacial score (nSPS) is 18.9. The molecule has 1 fully saturated rings. The number of rotatable bonds is 4. The minimum Gasteiger partial charge on any atom is -0.338 e. The molecule has 1 aliphatic rings. The standard InChI is InChI=1S/C17H24N4O.ClH/c1-12(2)14-4-6-15(7-5-14)17-19-16(22-20-17)11-21-9-8-18-10-13(21)3;/h4-7,12-13,18H,8-11H2,1-3H3;1H/t13-;/m1./s1. The first kappa shape index (κ1) is 17.9. The Morgan fingerprint density at radius 1 is 1.30 bits per heavy atom. The Bertz CT molecular complexity index is 611. The van der Waals surface area contributed by atoms with Crippen LogP contribution in [0.1, 0.15) is 38.1 Å². The average molecular weight is 337 g/mol. The highest BCUT2D eigenvalue weighted by Crippen LogP contribution is 2.21. The number of nitrogens with one attached hydrogen (secondary N) is 1. The molecule has 0 bridgehead atoms. The molecule has 0 spiro atoms. The molecule has 1 N–H and O–H groups in total. The minimum absolute atomic E-state index is 0. The smallest absolute Gasteiger partial charge is 0.241 e. The molecule has 0 saturated carbocycles. The van der Waals surface area contributed by atoms with E-state index in [4.69, 9.17) is 4.52 Å². The van der Waals surface area contributed by atoms with Crippen LogP contribution in [0.5, 0.6) is 0 Å². The third-order valence-electron chi connectivity index (χ3n) is 4.28. The first-order valence-electron chi connectivity index (χ1n) is 8.01. The molecule has 1 aromatic heterocycles. The van der Waals surface area contributed by atoms with E-state index in [0.29, 0.717) is 23.7 Å². The Kier molecular flexibility index (Phi) is 6.16. The number of benzene rings is 1. The van der Waals surface area contributed by atoms with Gasteiger partial charge in [-0.1, -0.05) is 43.3 Å². The molecular weight excluding hydrogens is 312 g/mol. The van der Waals surface area contributed by atoms with E-state index in [1.165, 1.54) is 5.56 Å². The maximum absolute atomic E-state index is 5.42. The van der Waals surface area contributed by atoms with E-state index in [1.54, 1.807) is 0 Å². The molecule has 1 atom stereocenters. The highest BCUT2D eigenvalue weighted by molar-refractivity contribution is 5.85. The van der Waals surface area contributed by atoms with Gasteiger partial charge in [-0.25, -0.2) is 0 Å². The van der Waals surface area contributed by atoms with Gasteiger partial charge in [-0.3, -0.25) is 4.90 Å². The predicted octanol–water partition coefficient (Wildman–Crippen LogP) is 3.08. The summed E-state index contributed by atoms with van der Waals surface area (Å²) in [6.07, 6.45) is 0. The van der Waals surface area contributed by atoms with E-state index < -0.39 is 0 Å². The summed E-state index contributed by atoms with van der Waals surface area (Å²) in [4.78, 5) is 6.91. The molecule has 2 aromatic rings. The van der Waals surface area contributed by atoms with Crippen LogP contribution in [0, 0.1) is 0 Å². The fraction of sp³-hybridized carbons (Fsp3) is 0.529. The Hall–Kier alpha value is -1.43. The summed E-state index contributed by atoms with van der Waals surface area (Å²) >= 11 is 0. The van der Waals surface area contributed by atoms with Crippen molar-refractivity contribution in [3.05, 3.63) is 35.7 Å². The number of hydrogen-bond donors (Lipinski definition) is 1. The van der Waals surface area contributed by atoms with Crippen LogP contribution in [0.25, 0.3) is 11.4 Å². The van der Waals surface area contributed by atoms with Gasteiger partial charge < -0.3 is 9.84 Å². The highest BCUT2D eigenvalue weighted by Gasteiger charge is 2.20. The summed E-state index contributed by atoms with van der Waals surface area (Å²) in [7, 11) is 0. The van der Waals surface area contributed by atoms with Crippen molar-refractivity contribution >= 4 is 12.4 Å². The van der Waals surface area contributed by atoms with E-state index in [9.17, 15) is 0 Å². The predicted molar refractivity (Wildman–Crippen MR) is 93.8 cm³/mol. The summed E-state index contributed by atoms with van der Waals surface area (Å²) in [6, 6.07) is 8.90. The molecule has 0 amide bonds. The van der Waals surface area contributed by atoms with Crippen molar-refractivity contribution in [3.63, 3.8) is 0 Å². The molecule has 1 saturated heterocycles. The molecule has 3 rings (SSSR count). The van der Waals surface area contributed by atoms with Crippen molar-refractivity contribution in [3.8, 4) is 11.4 Å². The van der Waals surface area contributed by atoms with E-state index in [0.717, 1.165) is 31.7 Å². The molecule has 23 heavy (non-hydrogen) atoms. The molecule has 1 aliphatic heterocycles. The summed E-state index contributed by atoms with van der Waals surface area (Å²) in [5.74, 6) is 1.90. The maximum Gasteiger partial charge on any atom is 0.241 e. The second-order valence-corrected chi connectivity index (χ2v) is 6.31.